The van der Waals surface area contributed by atoms with Crippen LogP contribution >= 0.6 is 0 Å². The third-order valence-corrected chi connectivity index (χ3v) is 6.97. The van der Waals surface area contributed by atoms with Crippen LogP contribution in [-0.4, -0.2) is 62.2 Å². The highest BCUT2D eigenvalue weighted by atomic mass is 32.2. The van der Waals surface area contributed by atoms with Crippen molar-refractivity contribution in [3.63, 3.8) is 0 Å². The lowest BCUT2D eigenvalue weighted by molar-refractivity contribution is -0.140. The summed E-state index contributed by atoms with van der Waals surface area (Å²) in [7, 11) is -1.23. The van der Waals surface area contributed by atoms with Crippen molar-refractivity contribution < 1.29 is 22.4 Å². The number of anilines is 1. The maximum absolute atomic E-state index is 13.6. The van der Waals surface area contributed by atoms with Gasteiger partial charge in [0, 0.05) is 26.7 Å². The lowest BCUT2D eigenvalue weighted by Gasteiger charge is -2.34. The first kappa shape index (κ1) is 27.3. The van der Waals surface area contributed by atoms with E-state index in [0.717, 1.165) is 8.61 Å². The van der Waals surface area contributed by atoms with Gasteiger partial charge in [-0.2, -0.15) is 12.7 Å². The third kappa shape index (κ3) is 7.01. The van der Waals surface area contributed by atoms with Crippen LogP contribution in [-0.2, 0) is 26.3 Å². The Labute approximate surface area is 201 Å². The molecule has 8 nitrogen and oxygen atoms in total. The van der Waals surface area contributed by atoms with Crippen LogP contribution in [0.2, 0.25) is 0 Å². The molecule has 0 radical (unpaired) electrons. The van der Waals surface area contributed by atoms with Gasteiger partial charge in [0.15, 0.2) is 0 Å². The van der Waals surface area contributed by atoms with Crippen LogP contribution in [0.5, 0.6) is 0 Å². The largest absolute Gasteiger partial charge is 0.352 e. The topological polar surface area (TPSA) is 90.0 Å². The smallest absolute Gasteiger partial charge is 0.304 e. The first-order chi connectivity index (χ1) is 16.0. The van der Waals surface area contributed by atoms with Crippen LogP contribution in [0, 0.1) is 5.82 Å². The molecule has 2 aromatic rings. The number of nitrogens with zero attached hydrogens (tertiary/aromatic N) is 3. The van der Waals surface area contributed by atoms with Crippen LogP contribution < -0.4 is 9.62 Å². The van der Waals surface area contributed by atoms with Crippen molar-refractivity contribution in [2.24, 2.45) is 0 Å². The lowest BCUT2D eigenvalue weighted by atomic mass is 10.1. The Morgan fingerprint density at radius 3 is 2.09 bits per heavy atom. The molecule has 1 N–H and O–H groups in total. The van der Waals surface area contributed by atoms with Gasteiger partial charge in [-0.3, -0.25) is 9.59 Å². The fourth-order valence-electron chi connectivity index (χ4n) is 3.40. The Morgan fingerprint density at radius 2 is 1.59 bits per heavy atom. The van der Waals surface area contributed by atoms with Crippen LogP contribution in [0.4, 0.5) is 10.1 Å². The van der Waals surface area contributed by atoms with E-state index in [9.17, 15) is 22.4 Å². The number of halogens is 1. The molecule has 0 fully saturated rings. The normalized spacial score (nSPS) is 12.5. The minimum absolute atomic E-state index is 0.0216. The second-order valence-electron chi connectivity index (χ2n) is 8.37. The molecule has 186 valence electrons. The van der Waals surface area contributed by atoms with Gasteiger partial charge < -0.3 is 10.2 Å². The van der Waals surface area contributed by atoms with E-state index in [1.54, 1.807) is 37.3 Å². The molecule has 0 aliphatic heterocycles. The number of para-hydroxylation sites is 1. The van der Waals surface area contributed by atoms with Gasteiger partial charge in [-0.25, -0.2) is 8.70 Å². The fraction of sp³-hybridized carbons (Fsp3) is 0.417. The second kappa shape index (κ2) is 11.9. The zero-order chi connectivity index (χ0) is 25.5. The summed E-state index contributed by atoms with van der Waals surface area (Å²) in [5.74, 6) is -1.31. The molecule has 0 aliphatic rings. The van der Waals surface area contributed by atoms with Crippen molar-refractivity contribution in [1.29, 1.82) is 0 Å². The molecule has 2 amide bonds. The summed E-state index contributed by atoms with van der Waals surface area (Å²) >= 11 is 0. The fourth-order valence-corrected chi connectivity index (χ4v) is 4.45. The summed E-state index contributed by atoms with van der Waals surface area (Å²) in [6, 6.07) is 13.0. The van der Waals surface area contributed by atoms with E-state index in [0.29, 0.717) is 17.7 Å². The first-order valence-electron chi connectivity index (χ1n) is 11.1. The van der Waals surface area contributed by atoms with Crippen molar-refractivity contribution in [3.8, 4) is 0 Å². The van der Waals surface area contributed by atoms with Crippen molar-refractivity contribution in [2.45, 2.75) is 45.8 Å². The Balaban J connectivity index is 2.46. The Hall–Kier alpha value is -2.98. The molecule has 0 saturated carbocycles. The standard InChI is InChI=1S/C24H33FN4O4S/c1-6-22(24(31)26-18(2)3)28(16-19-12-14-20(25)15-13-19)23(30)17-29(34(32,33)27(4)5)21-10-8-7-9-11-21/h7-15,18,22H,6,16-17H2,1-5H3,(H,26,31). The molecule has 34 heavy (non-hydrogen) atoms. The molecular weight excluding hydrogens is 459 g/mol. The number of hydrogen-bond donors (Lipinski definition) is 1. The molecule has 10 heteroatoms. The lowest BCUT2D eigenvalue weighted by Crippen LogP contribution is -2.54. The first-order valence-corrected chi connectivity index (χ1v) is 12.5. The quantitative estimate of drug-likeness (QED) is 0.522. The maximum Gasteiger partial charge on any atom is 0.304 e. The van der Waals surface area contributed by atoms with E-state index in [2.05, 4.69) is 5.32 Å². The molecule has 1 atom stereocenters. The molecule has 0 saturated heterocycles. The summed E-state index contributed by atoms with van der Waals surface area (Å²) in [6.45, 7) is 4.93. The summed E-state index contributed by atoms with van der Waals surface area (Å²) in [4.78, 5) is 27.9. The van der Waals surface area contributed by atoms with Gasteiger partial charge >= 0.3 is 10.2 Å². The number of benzene rings is 2. The van der Waals surface area contributed by atoms with Gasteiger partial charge in [-0.05, 0) is 50.1 Å². The van der Waals surface area contributed by atoms with Crippen molar-refractivity contribution in [2.75, 3.05) is 24.9 Å². The van der Waals surface area contributed by atoms with Crippen LogP contribution in [0.15, 0.2) is 54.6 Å². The SMILES string of the molecule is CCC(C(=O)NC(C)C)N(Cc1ccc(F)cc1)C(=O)CN(c1ccccc1)S(=O)(=O)N(C)C. The van der Waals surface area contributed by atoms with Gasteiger partial charge in [0.25, 0.3) is 0 Å². The highest BCUT2D eigenvalue weighted by Gasteiger charge is 2.33. The highest BCUT2D eigenvalue weighted by molar-refractivity contribution is 7.90. The number of hydrogen-bond acceptors (Lipinski definition) is 4. The minimum atomic E-state index is -4.00. The van der Waals surface area contributed by atoms with Gasteiger partial charge in [0.1, 0.15) is 18.4 Å². The van der Waals surface area contributed by atoms with E-state index < -0.39 is 34.5 Å². The number of nitrogens with one attached hydrogen (secondary N) is 1. The van der Waals surface area contributed by atoms with Gasteiger partial charge in [-0.15, -0.1) is 0 Å². The molecule has 2 aromatic carbocycles. The molecule has 0 spiro atoms. The average Bonchev–Trinajstić information content (AvgIpc) is 2.78. The average molecular weight is 493 g/mol. The van der Waals surface area contributed by atoms with Crippen molar-refractivity contribution >= 4 is 27.7 Å². The van der Waals surface area contributed by atoms with E-state index >= 15 is 0 Å². The second-order valence-corrected chi connectivity index (χ2v) is 10.4. The summed E-state index contributed by atoms with van der Waals surface area (Å²) in [5.41, 5.74) is 0.943. The predicted octanol–water partition coefficient (Wildman–Crippen LogP) is 2.77. The number of carbonyl (C=O) groups excluding carboxylic acids is 2. The van der Waals surface area contributed by atoms with E-state index in [-0.39, 0.29) is 18.5 Å². The zero-order valence-corrected chi connectivity index (χ0v) is 21.0. The Bertz CT molecular complexity index is 1060. The Morgan fingerprint density at radius 1 is 1.00 bits per heavy atom. The number of amides is 2. The highest BCUT2D eigenvalue weighted by Crippen LogP contribution is 2.21. The van der Waals surface area contributed by atoms with Gasteiger partial charge in [0.2, 0.25) is 11.8 Å². The zero-order valence-electron chi connectivity index (χ0n) is 20.2. The molecule has 0 aromatic heterocycles. The van der Waals surface area contributed by atoms with Crippen LogP contribution in [0.3, 0.4) is 0 Å². The minimum Gasteiger partial charge on any atom is -0.352 e. The Kier molecular flexibility index (Phi) is 9.57. The molecular formula is C24H33FN4O4S. The monoisotopic (exact) mass is 492 g/mol. The van der Waals surface area contributed by atoms with Gasteiger partial charge in [-0.1, -0.05) is 37.3 Å². The van der Waals surface area contributed by atoms with E-state index in [1.807, 2.05) is 13.8 Å². The summed E-state index contributed by atoms with van der Waals surface area (Å²) in [6.07, 6.45) is 0.317. The molecule has 0 heterocycles. The van der Waals surface area contributed by atoms with E-state index in [1.165, 1.54) is 43.3 Å². The molecule has 0 bridgehead atoms. The molecule has 2 rings (SSSR count). The summed E-state index contributed by atoms with van der Waals surface area (Å²) in [5, 5.41) is 2.82. The van der Waals surface area contributed by atoms with E-state index in [4.69, 9.17) is 0 Å². The van der Waals surface area contributed by atoms with Gasteiger partial charge in [0.05, 0.1) is 5.69 Å². The third-order valence-electron chi connectivity index (χ3n) is 5.15. The number of carbonyl (C=O) groups is 2. The number of rotatable bonds is 11. The van der Waals surface area contributed by atoms with Crippen LogP contribution in [0.1, 0.15) is 32.8 Å². The predicted molar refractivity (Wildman–Crippen MR) is 131 cm³/mol. The maximum atomic E-state index is 13.6. The molecule has 0 aliphatic carbocycles. The summed E-state index contributed by atoms with van der Waals surface area (Å²) < 4.78 is 41.6. The molecule has 1 unspecified atom stereocenters. The van der Waals surface area contributed by atoms with Crippen molar-refractivity contribution in [3.05, 3.63) is 66.0 Å². The van der Waals surface area contributed by atoms with Crippen molar-refractivity contribution in [1.82, 2.24) is 14.5 Å². The van der Waals surface area contributed by atoms with Crippen LogP contribution in [0.25, 0.3) is 0 Å².